The van der Waals surface area contributed by atoms with Gasteiger partial charge in [-0.2, -0.15) is 0 Å². The van der Waals surface area contributed by atoms with Gasteiger partial charge in [-0.3, -0.25) is 0 Å². The summed E-state index contributed by atoms with van der Waals surface area (Å²) in [6.45, 7) is 6.91. The molecule has 0 aromatic rings. The molecule has 2 aliphatic rings. The van der Waals surface area contributed by atoms with E-state index in [2.05, 4.69) is 10.6 Å². The Labute approximate surface area is 85.0 Å². The van der Waals surface area contributed by atoms with E-state index in [1.54, 1.807) is 0 Å². The Morgan fingerprint density at radius 3 is 2.93 bits per heavy atom. The lowest BCUT2D eigenvalue weighted by Crippen LogP contribution is -2.43. The lowest BCUT2D eigenvalue weighted by Gasteiger charge is -2.19. The Morgan fingerprint density at radius 2 is 2.29 bits per heavy atom. The van der Waals surface area contributed by atoms with Crippen LogP contribution in [0.5, 0.6) is 0 Å². The van der Waals surface area contributed by atoms with Gasteiger partial charge in [-0.15, -0.1) is 0 Å². The third kappa shape index (κ3) is 1.85. The van der Waals surface area contributed by atoms with Gasteiger partial charge in [-0.05, 0) is 32.7 Å². The van der Waals surface area contributed by atoms with Crippen LogP contribution in [0.4, 0.5) is 4.79 Å². The van der Waals surface area contributed by atoms with Crippen LogP contribution < -0.4 is 10.6 Å². The van der Waals surface area contributed by atoms with Crippen molar-refractivity contribution in [3.8, 4) is 0 Å². The summed E-state index contributed by atoms with van der Waals surface area (Å²) < 4.78 is 0. The molecule has 4 heteroatoms. The minimum atomic E-state index is 0.0937. The fourth-order valence-electron chi connectivity index (χ4n) is 2.35. The van der Waals surface area contributed by atoms with Crippen molar-refractivity contribution >= 4 is 6.03 Å². The SMILES string of the molecule is CC(C)NC(=O)N1C[C@H]2CCN[C@H]2C1. The smallest absolute Gasteiger partial charge is 0.317 e. The first-order valence-corrected chi connectivity index (χ1v) is 5.45. The van der Waals surface area contributed by atoms with Gasteiger partial charge >= 0.3 is 6.03 Å². The van der Waals surface area contributed by atoms with E-state index in [4.69, 9.17) is 0 Å². The molecular weight excluding hydrogens is 178 g/mol. The minimum absolute atomic E-state index is 0.0937. The molecule has 0 saturated carbocycles. The van der Waals surface area contributed by atoms with Crippen molar-refractivity contribution in [2.75, 3.05) is 19.6 Å². The average molecular weight is 197 g/mol. The zero-order valence-corrected chi connectivity index (χ0v) is 8.92. The molecular formula is C10H19N3O. The van der Waals surface area contributed by atoms with E-state index in [9.17, 15) is 4.79 Å². The molecule has 0 aromatic carbocycles. The van der Waals surface area contributed by atoms with Crippen molar-refractivity contribution in [3.63, 3.8) is 0 Å². The molecule has 80 valence electrons. The molecule has 0 aliphatic carbocycles. The maximum atomic E-state index is 11.7. The number of fused-ring (bicyclic) bond motifs is 1. The number of hydrogen-bond acceptors (Lipinski definition) is 2. The molecule has 0 unspecified atom stereocenters. The summed E-state index contributed by atoms with van der Waals surface area (Å²) in [4.78, 5) is 13.6. The van der Waals surface area contributed by atoms with Crippen molar-refractivity contribution in [2.24, 2.45) is 5.92 Å². The molecule has 2 amide bonds. The Bertz CT molecular complexity index is 217. The second kappa shape index (κ2) is 3.77. The third-order valence-corrected chi connectivity index (χ3v) is 3.06. The van der Waals surface area contributed by atoms with Crippen molar-refractivity contribution < 1.29 is 4.79 Å². The molecule has 14 heavy (non-hydrogen) atoms. The summed E-state index contributed by atoms with van der Waals surface area (Å²) >= 11 is 0. The summed E-state index contributed by atoms with van der Waals surface area (Å²) in [7, 11) is 0. The molecule has 0 aromatic heterocycles. The zero-order valence-electron chi connectivity index (χ0n) is 8.92. The predicted octanol–water partition coefficient (Wildman–Crippen LogP) is 0.398. The Balaban J connectivity index is 1.86. The van der Waals surface area contributed by atoms with Crippen LogP contribution in [0.2, 0.25) is 0 Å². The highest BCUT2D eigenvalue weighted by Gasteiger charge is 2.37. The Hall–Kier alpha value is -0.770. The highest BCUT2D eigenvalue weighted by molar-refractivity contribution is 5.74. The van der Waals surface area contributed by atoms with Gasteiger partial charge in [0.15, 0.2) is 0 Å². The van der Waals surface area contributed by atoms with Crippen LogP contribution in [0, 0.1) is 5.92 Å². The van der Waals surface area contributed by atoms with Crippen LogP contribution >= 0.6 is 0 Å². The van der Waals surface area contributed by atoms with Gasteiger partial charge in [0.05, 0.1) is 0 Å². The van der Waals surface area contributed by atoms with Gasteiger partial charge in [0.2, 0.25) is 0 Å². The second-order valence-corrected chi connectivity index (χ2v) is 4.62. The topological polar surface area (TPSA) is 44.4 Å². The first-order valence-electron chi connectivity index (χ1n) is 5.45. The first-order chi connectivity index (χ1) is 6.66. The molecule has 0 bridgehead atoms. The van der Waals surface area contributed by atoms with Crippen molar-refractivity contribution in [3.05, 3.63) is 0 Å². The normalized spacial score (nSPS) is 30.9. The lowest BCUT2D eigenvalue weighted by atomic mass is 10.1. The number of nitrogens with one attached hydrogen (secondary N) is 2. The van der Waals surface area contributed by atoms with Crippen molar-refractivity contribution in [1.82, 2.24) is 15.5 Å². The summed E-state index contributed by atoms with van der Waals surface area (Å²) in [5, 5.41) is 6.37. The van der Waals surface area contributed by atoms with E-state index in [0.29, 0.717) is 12.0 Å². The van der Waals surface area contributed by atoms with Gasteiger partial charge < -0.3 is 15.5 Å². The maximum Gasteiger partial charge on any atom is 0.317 e. The monoisotopic (exact) mass is 197 g/mol. The van der Waals surface area contributed by atoms with Crippen molar-refractivity contribution in [2.45, 2.75) is 32.4 Å². The fraction of sp³-hybridized carbons (Fsp3) is 0.900. The van der Waals surface area contributed by atoms with E-state index in [1.165, 1.54) is 6.42 Å². The zero-order chi connectivity index (χ0) is 10.1. The largest absolute Gasteiger partial charge is 0.336 e. The van der Waals surface area contributed by atoms with Crippen LogP contribution in [-0.4, -0.2) is 42.6 Å². The van der Waals surface area contributed by atoms with E-state index >= 15 is 0 Å². The van der Waals surface area contributed by atoms with Gasteiger partial charge in [-0.25, -0.2) is 4.79 Å². The second-order valence-electron chi connectivity index (χ2n) is 4.62. The molecule has 2 rings (SSSR count). The number of likely N-dealkylation sites (tertiary alicyclic amines) is 1. The van der Waals surface area contributed by atoms with Crippen molar-refractivity contribution in [1.29, 1.82) is 0 Å². The highest BCUT2D eigenvalue weighted by Crippen LogP contribution is 2.24. The van der Waals surface area contributed by atoms with Gasteiger partial charge in [-0.1, -0.05) is 0 Å². The maximum absolute atomic E-state index is 11.7. The Morgan fingerprint density at radius 1 is 1.50 bits per heavy atom. The molecule has 2 atom stereocenters. The molecule has 2 N–H and O–H groups in total. The molecule has 2 heterocycles. The predicted molar refractivity (Wildman–Crippen MR) is 55.1 cm³/mol. The fourth-order valence-corrected chi connectivity index (χ4v) is 2.35. The Kier molecular flexibility index (Phi) is 2.63. The number of urea groups is 1. The molecule has 4 nitrogen and oxygen atoms in total. The van der Waals surface area contributed by atoms with Crippen LogP contribution in [0.3, 0.4) is 0 Å². The number of carbonyl (C=O) groups excluding carboxylic acids is 1. The quantitative estimate of drug-likeness (QED) is 0.639. The summed E-state index contributed by atoms with van der Waals surface area (Å²) in [5.41, 5.74) is 0. The number of amides is 2. The third-order valence-electron chi connectivity index (χ3n) is 3.06. The number of hydrogen-bond donors (Lipinski definition) is 2. The van der Waals surface area contributed by atoms with E-state index in [-0.39, 0.29) is 12.1 Å². The van der Waals surface area contributed by atoms with Crippen LogP contribution in [0.15, 0.2) is 0 Å². The molecule has 0 radical (unpaired) electrons. The van der Waals surface area contributed by atoms with Gasteiger partial charge in [0, 0.05) is 25.2 Å². The first kappa shape index (κ1) is 9.77. The van der Waals surface area contributed by atoms with E-state index in [0.717, 1.165) is 19.6 Å². The van der Waals surface area contributed by atoms with E-state index in [1.807, 2.05) is 18.7 Å². The average Bonchev–Trinajstić information content (AvgIpc) is 2.58. The molecule has 0 spiro atoms. The summed E-state index contributed by atoms with van der Waals surface area (Å²) in [6, 6.07) is 0.875. The van der Waals surface area contributed by atoms with Gasteiger partial charge in [0.1, 0.15) is 0 Å². The van der Waals surface area contributed by atoms with E-state index < -0.39 is 0 Å². The molecule has 2 fully saturated rings. The number of carbonyl (C=O) groups is 1. The lowest BCUT2D eigenvalue weighted by molar-refractivity contribution is 0.203. The summed E-state index contributed by atoms with van der Waals surface area (Å²) in [6.07, 6.45) is 1.22. The van der Waals surface area contributed by atoms with Crippen LogP contribution in [0.25, 0.3) is 0 Å². The molecule has 2 aliphatic heterocycles. The number of nitrogens with zero attached hydrogens (tertiary/aromatic N) is 1. The molecule has 2 saturated heterocycles. The number of rotatable bonds is 1. The highest BCUT2D eigenvalue weighted by atomic mass is 16.2. The summed E-state index contributed by atoms with van der Waals surface area (Å²) in [5.74, 6) is 0.688. The standard InChI is InChI=1S/C10H19N3O/c1-7(2)12-10(14)13-5-8-3-4-11-9(8)6-13/h7-9,11H,3-6H2,1-2H3,(H,12,14)/t8-,9+/m1/s1. The van der Waals surface area contributed by atoms with Crippen LogP contribution in [-0.2, 0) is 0 Å². The van der Waals surface area contributed by atoms with Crippen LogP contribution in [0.1, 0.15) is 20.3 Å². The van der Waals surface area contributed by atoms with Gasteiger partial charge in [0.25, 0.3) is 0 Å². The minimum Gasteiger partial charge on any atom is -0.336 e.